The van der Waals surface area contributed by atoms with Crippen LogP contribution in [0.1, 0.15) is 27.7 Å². The van der Waals surface area contributed by atoms with Crippen molar-refractivity contribution in [3.8, 4) is 11.1 Å². The van der Waals surface area contributed by atoms with Gasteiger partial charge in [0.1, 0.15) is 0 Å². The number of nitrogens with zero attached hydrogens (tertiary/aromatic N) is 6. The molecule has 3 aromatic rings. The number of amides is 2. The first-order valence-electron chi connectivity index (χ1n) is 10.7. The molecular formula is C23H28N6O3. The Labute approximate surface area is 187 Å². The zero-order valence-corrected chi connectivity index (χ0v) is 18.8. The van der Waals surface area contributed by atoms with Gasteiger partial charge in [-0.15, -0.1) is 0 Å². The minimum atomic E-state index is -0.413. The lowest BCUT2D eigenvalue weighted by atomic mass is 10.0. The van der Waals surface area contributed by atoms with Crippen molar-refractivity contribution in [3.63, 3.8) is 0 Å². The largest absolute Gasteiger partial charge is 0.446 e. The van der Waals surface area contributed by atoms with E-state index in [1.807, 2.05) is 60.6 Å². The summed E-state index contributed by atoms with van der Waals surface area (Å²) in [6.45, 7) is 8.96. The maximum Gasteiger partial charge on any atom is 0.414 e. The third kappa shape index (κ3) is 4.37. The highest BCUT2D eigenvalue weighted by molar-refractivity contribution is 6.03. The van der Waals surface area contributed by atoms with Crippen LogP contribution in [0.2, 0.25) is 0 Å². The Bertz CT molecular complexity index is 1100. The van der Waals surface area contributed by atoms with Gasteiger partial charge in [0, 0.05) is 44.2 Å². The summed E-state index contributed by atoms with van der Waals surface area (Å²) in [5, 5.41) is 4.47. The van der Waals surface area contributed by atoms with Crippen molar-refractivity contribution in [3.05, 3.63) is 49.3 Å². The molecule has 3 heterocycles. The van der Waals surface area contributed by atoms with Gasteiger partial charge >= 0.3 is 6.09 Å². The van der Waals surface area contributed by atoms with Crippen molar-refractivity contribution in [2.45, 2.75) is 52.9 Å². The Morgan fingerprint density at radius 3 is 2.69 bits per heavy atom. The average Bonchev–Trinajstić information content (AvgIpc) is 3.42. The van der Waals surface area contributed by atoms with Crippen LogP contribution >= 0.6 is 0 Å². The molecule has 0 aliphatic carbocycles. The van der Waals surface area contributed by atoms with Gasteiger partial charge in [-0.2, -0.15) is 5.10 Å². The Morgan fingerprint density at radius 2 is 2.00 bits per heavy atom. The molecule has 4 rings (SSSR count). The standard InChI is InChI=1S/C23H28N6O3/c1-16(2)32-23(31)28-13-17(3)29(18(4)30)21-6-5-19(11-22(21)28)20-12-25-27(14-20)10-9-26-8-7-24-15-26/h5-8,11-12,14-17H,9-10,13H2,1-4H3/t17-/m0/s1. The Morgan fingerprint density at radius 1 is 1.19 bits per heavy atom. The maximum absolute atomic E-state index is 12.8. The van der Waals surface area contributed by atoms with E-state index in [0.29, 0.717) is 24.5 Å². The number of aromatic nitrogens is 4. The Hall–Kier alpha value is -3.62. The molecule has 168 valence electrons. The van der Waals surface area contributed by atoms with Crippen LogP contribution in [0.25, 0.3) is 11.1 Å². The fourth-order valence-corrected chi connectivity index (χ4v) is 3.99. The van der Waals surface area contributed by atoms with Crippen molar-refractivity contribution in [1.82, 2.24) is 19.3 Å². The number of anilines is 2. The van der Waals surface area contributed by atoms with Crippen LogP contribution in [0.3, 0.4) is 0 Å². The SMILES string of the molecule is CC(=O)N1c2ccc(-c3cnn(CCn4ccnc4)c3)cc2N(C(=O)OC(C)C)C[C@@H]1C. The highest BCUT2D eigenvalue weighted by atomic mass is 16.6. The molecule has 9 heteroatoms. The predicted octanol–water partition coefficient (Wildman–Crippen LogP) is 3.55. The van der Waals surface area contributed by atoms with Crippen molar-refractivity contribution >= 4 is 23.4 Å². The summed E-state index contributed by atoms with van der Waals surface area (Å²) >= 11 is 0. The predicted molar refractivity (Wildman–Crippen MR) is 121 cm³/mol. The van der Waals surface area contributed by atoms with Crippen LogP contribution in [0.5, 0.6) is 0 Å². The molecule has 1 aromatic carbocycles. The van der Waals surface area contributed by atoms with Crippen molar-refractivity contribution in [2.75, 3.05) is 16.3 Å². The topological polar surface area (TPSA) is 85.5 Å². The third-order valence-corrected chi connectivity index (χ3v) is 5.42. The molecule has 0 spiro atoms. The summed E-state index contributed by atoms with van der Waals surface area (Å²) in [7, 11) is 0. The number of hydrogen-bond donors (Lipinski definition) is 0. The highest BCUT2D eigenvalue weighted by Crippen LogP contribution is 2.39. The molecule has 0 saturated heterocycles. The maximum atomic E-state index is 12.8. The fourth-order valence-electron chi connectivity index (χ4n) is 3.99. The van der Waals surface area contributed by atoms with Crippen LogP contribution < -0.4 is 9.80 Å². The number of hydrogen-bond acceptors (Lipinski definition) is 5. The summed E-state index contributed by atoms with van der Waals surface area (Å²) in [4.78, 5) is 32.5. The number of aryl methyl sites for hydroxylation is 2. The van der Waals surface area contributed by atoms with Crippen LogP contribution in [0.4, 0.5) is 16.2 Å². The number of imidazole rings is 1. The van der Waals surface area contributed by atoms with Crippen LogP contribution in [-0.4, -0.2) is 50.0 Å². The molecule has 1 atom stereocenters. The van der Waals surface area contributed by atoms with Crippen LogP contribution in [0.15, 0.2) is 49.3 Å². The number of ether oxygens (including phenoxy) is 1. The van der Waals surface area contributed by atoms with Gasteiger partial charge < -0.3 is 14.2 Å². The van der Waals surface area contributed by atoms with Crippen molar-refractivity contribution in [2.24, 2.45) is 0 Å². The second-order valence-corrected chi connectivity index (χ2v) is 8.28. The van der Waals surface area contributed by atoms with Crippen LogP contribution in [-0.2, 0) is 22.6 Å². The van der Waals surface area contributed by atoms with E-state index in [0.717, 1.165) is 17.7 Å². The average molecular weight is 437 g/mol. The molecule has 2 amide bonds. The molecule has 0 radical (unpaired) electrons. The van der Waals surface area contributed by atoms with Crippen molar-refractivity contribution in [1.29, 1.82) is 0 Å². The first-order chi connectivity index (χ1) is 15.3. The minimum absolute atomic E-state index is 0.0595. The fraction of sp³-hybridized carbons (Fsp3) is 0.391. The summed E-state index contributed by atoms with van der Waals surface area (Å²) in [6, 6.07) is 5.61. The summed E-state index contributed by atoms with van der Waals surface area (Å²) in [5.74, 6) is -0.0595. The van der Waals surface area contributed by atoms with E-state index in [9.17, 15) is 9.59 Å². The van der Waals surface area contributed by atoms with E-state index in [-0.39, 0.29) is 18.1 Å². The van der Waals surface area contributed by atoms with Gasteiger partial charge in [0.25, 0.3) is 0 Å². The quantitative estimate of drug-likeness (QED) is 0.611. The lowest BCUT2D eigenvalue weighted by Crippen LogP contribution is -2.51. The number of carbonyl (C=O) groups excluding carboxylic acids is 2. The van der Waals surface area contributed by atoms with Gasteiger partial charge in [-0.1, -0.05) is 6.07 Å². The smallest absolute Gasteiger partial charge is 0.414 e. The van der Waals surface area contributed by atoms with Gasteiger partial charge in [-0.25, -0.2) is 9.78 Å². The molecule has 0 unspecified atom stereocenters. The minimum Gasteiger partial charge on any atom is -0.446 e. The first-order valence-corrected chi connectivity index (χ1v) is 10.7. The lowest BCUT2D eigenvalue weighted by molar-refractivity contribution is -0.117. The summed E-state index contributed by atoms with van der Waals surface area (Å²) in [6.07, 6.45) is 8.59. The molecule has 1 aliphatic heterocycles. The Kier molecular flexibility index (Phi) is 5.98. The monoisotopic (exact) mass is 436 g/mol. The van der Waals surface area contributed by atoms with E-state index in [4.69, 9.17) is 4.74 Å². The molecule has 0 saturated carbocycles. The van der Waals surface area contributed by atoms with E-state index < -0.39 is 6.09 Å². The molecule has 9 nitrogen and oxygen atoms in total. The second kappa shape index (κ2) is 8.86. The molecule has 32 heavy (non-hydrogen) atoms. The molecular weight excluding hydrogens is 408 g/mol. The number of benzene rings is 1. The Balaban J connectivity index is 1.64. The van der Waals surface area contributed by atoms with Gasteiger partial charge in [0.15, 0.2) is 0 Å². The number of carbonyl (C=O) groups is 2. The summed E-state index contributed by atoms with van der Waals surface area (Å²) < 4.78 is 9.34. The zero-order valence-electron chi connectivity index (χ0n) is 18.8. The molecule has 1 aliphatic rings. The van der Waals surface area contributed by atoms with E-state index in [1.165, 1.54) is 0 Å². The normalized spacial score (nSPS) is 15.7. The summed E-state index contributed by atoms with van der Waals surface area (Å²) in [5.41, 5.74) is 3.21. The molecule has 0 bridgehead atoms. The second-order valence-electron chi connectivity index (χ2n) is 8.28. The van der Waals surface area contributed by atoms with E-state index in [1.54, 1.807) is 35.4 Å². The van der Waals surface area contributed by atoms with Crippen LogP contribution in [0, 0.1) is 0 Å². The number of rotatable bonds is 5. The van der Waals surface area contributed by atoms with Gasteiger partial charge in [-0.05, 0) is 38.5 Å². The van der Waals surface area contributed by atoms with Crippen molar-refractivity contribution < 1.29 is 14.3 Å². The van der Waals surface area contributed by atoms with Gasteiger partial charge in [0.2, 0.25) is 5.91 Å². The third-order valence-electron chi connectivity index (χ3n) is 5.42. The van der Waals surface area contributed by atoms with Gasteiger partial charge in [0.05, 0.1) is 42.6 Å². The molecule has 0 fully saturated rings. The van der Waals surface area contributed by atoms with E-state index in [2.05, 4.69) is 10.1 Å². The van der Waals surface area contributed by atoms with Gasteiger partial charge in [-0.3, -0.25) is 14.4 Å². The highest BCUT2D eigenvalue weighted by Gasteiger charge is 2.34. The lowest BCUT2D eigenvalue weighted by Gasteiger charge is -2.40. The molecule has 2 aromatic heterocycles. The first kappa shape index (κ1) is 21.6. The molecule has 0 N–H and O–H groups in total. The number of fused-ring (bicyclic) bond motifs is 1. The van der Waals surface area contributed by atoms with E-state index >= 15 is 0 Å². The zero-order chi connectivity index (χ0) is 22.8.